The van der Waals surface area contributed by atoms with E-state index in [0.29, 0.717) is 0 Å². The van der Waals surface area contributed by atoms with Gasteiger partial charge in [-0.15, -0.1) is 0 Å². The van der Waals surface area contributed by atoms with Crippen molar-refractivity contribution in [3.8, 4) is 5.75 Å². The van der Waals surface area contributed by atoms with Crippen LogP contribution in [0.4, 0.5) is 5.69 Å². The average molecular weight is 349 g/mol. The fraction of sp³-hybridized carbons (Fsp3) is 0.294. The van der Waals surface area contributed by atoms with E-state index in [1.165, 1.54) is 0 Å². The summed E-state index contributed by atoms with van der Waals surface area (Å²) >= 11 is 3.56. The first-order valence-electron chi connectivity index (χ1n) is 6.97. The van der Waals surface area contributed by atoms with Crippen LogP contribution in [-0.2, 0) is 0 Å². The summed E-state index contributed by atoms with van der Waals surface area (Å²) in [4.78, 5) is 2.20. The van der Waals surface area contributed by atoms with Crippen molar-refractivity contribution in [2.75, 3.05) is 25.6 Å². The van der Waals surface area contributed by atoms with Gasteiger partial charge in [-0.3, -0.25) is 0 Å². The van der Waals surface area contributed by atoms with Gasteiger partial charge in [0.25, 0.3) is 0 Å². The molecule has 0 saturated carbocycles. The molecule has 2 aromatic carbocycles. The summed E-state index contributed by atoms with van der Waals surface area (Å²) in [5.41, 5.74) is 8.61. The maximum Gasteiger partial charge on any atom is 0.119 e. The lowest BCUT2D eigenvalue weighted by Gasteiger charge is -2.22. The maximum absolute atomic E-state index is 6.29. The number of halogens is 1. The molecular formula is C17H21BrN2O. The van der Waals surface area contributed by atoms with Crippen molar-refractivity contribution in [3.05, 3.63) is 58.6 Å². The Balaban J connectivity index is 1.94. The number of rotatable bonds is 6. The smallest absolute Gasteiger partial charge is 0.119 e. The van der Waals surface area contributed by atoms with Crippen molar-refractivity contribution >= 4 is 21.6 Å². The molecule has 0 bridgehead atoms. The zero-order valence-corrected chi connectivity index (χ0v) is 14.0. The minimum absolute atomic E-state index is 0.0290. The lowest BCUT2D eigenvalue weighted by atomic mass is 10.0. The van der Waals surface area contributed by atoms with E-state index >= 15 is 0 Å². The summed E-state index contributed by atoms with van der Waals surface area (Å²) in [6, 6.07) is 16.2. The molecule has 0 fully saturated rings. The summed E-state index contributed by atoms with van der Waals surface area (Å²) in [7, 11) is 3.75. The minimum atomic E-state index is 0.0290. The average Bonchev–Trinajstić information content (AvgIpc) is 2.52. The van der Waals surface area contributed by atoms with Crippen molar-refractivity contribution in [3.63, 3.8) is 0 Å². The van der Waals surface area contributed by atoms with Gasteiger partial charge in [0, 0.05) is 29.8 Å². The van der Waals surface area contributed by atoms with E-state index in [1.807, 2.05) is 30.3 Å². The quantitative estimate of drug-likeness (QED) is 0.857. The van der Waals surface area contributed by atoms with Gasteiger partial charge < -0.3 is 15.4 Å². The first kappa shape index (κ1) is 15.9. The molecule has 0 heterocycles. The molecule has 0 aliphatic heterocycles. The summed E-state index contributed by atoms with van der Waals surface area (Å²) in [5, 5.41) is 0. The van der Waals surface area contributed by atoms with Gasteiger partial charge in [0.15, 0.2) is 0 Å². The molecule has 0 aliphatic rings. The van der Waals surface area contributed by atoms with Crippen molar-refractivity contribution < 1.29 is 4.74 Å². The highest BCUT2D eigenvalue weighted by atomic mass is 79.9. The SMILES string of the molecule is COc1ccc(N(C)CCC(N)c2ccccc2Br)cc1. The number of hydrogen-bond acceptors (Lipinski definition) is 3. The van der Waals surface area contributed by atoms with Gasteiger partial charge in [0.2, 0.25) is 0 Å². The van der Waals surface area contributed by atoms with Gasteiger partial charge in [-0.05, 0) is 42.3 Å². The molecule has 0 amide bonds. The minimum Gasteiger partial charge on any atom is -0.497 e. The Bertz CT molecular complexity index is 571. The van der Waals surface area contributed by atoms with Crippen LogP contribution >= 0.6 is 15.9 Å². The summed E-state index contributed by atoms with van der Waals surface area (Å²) in [6.07, 6.45) is 0.894. The molecule has 0 aromatic heterocycles. The maximum atomic E-state index is 6.29. The van der Waals surface area contributed by atoms with Gasteiger partial charge in [0.1, 0.15) is 5.75 Å². The van der Waals surface area contributed by atoms with Gasteiger partial charge in [-0.25, -0.2) is 0 Å². The molecule has 1 atom stereocenters. The first-order valence-corrected chi connectivity index (χ1v) is 7.76. The Morgan fingerprint density at radius 3 is 2.43 bits per heavy atom. The zero-order chi connectivity index (χ0) is 15.2. The van der Waals surface area contributed by atoms with Gasteiger partial charge in [-0.2, -0.15) is 0 Å². The van der Waals surface area contributed by atoms with Crippen LogP contribution in [0.25, 0.3) is 0 Å². The van der Waals surface area contributed by atoms with Crippen LogP contribution in [0.5, 0.6) is 5.75 Å². The second kappa shape index (κ2) is 7.48. The molecule has 4 heteroatoms. The Kier molecular flexibility index (Phi) is 5.65. The highest BCUT2D eigenvalue weighted by molar-refractivity contribution is 9.10. The molecule has 2 N–H and O–H groups in total. The van der Waals surface area contributed by atoms with Crippen molar-refractivity contribution in [1.82, 2.24) is 0 Å². The molecule has 2 aromatic rings. The zero-order valence-electron chi connectivity index (χ0n) is 12.4. The lowest BCUT2D eigenvalue weighted by molar-refractivity contribution is 0.415. The van der Waals surface area contributed by atoms with Crippen LogP contribution in [0.1, 0.15) is 18.0 Å². The van der Waals surface area contributed by atoms with E-state index in [2.05, 4.69) is 46.1 Å². The van der Waals surface area contributed by atoms with Crippen LogP contribution in [0, 0.1) is 0 Å². The van der Waals surface area contributed by atoms with Crippen LogP contribution in [-0.4, -0.2) is 20.7 Å². The summed E-state index contributed by atoms with van der Waals surface area (Å²) in [5.74, 6) is 0.872. The second-order valence-corrected chi connectivity index (χ2v) is 5.89. The van der Waals surface area contributed by atoms with Crippen LogP contribution in [0.2, 0.25) is 0 Å². The number of methoxy groups -OCH3 is 1. The molecule has 0 saturated heterocycles. The van der Waals surface area contributed by atoms with Crippen molar-refractivity contribution in [1.29, 1.82) is 0 Å². The monoisotopic (exact) mass is 348 g/mol. The number of nitrogens with two attached hydrogens (primary N) is 1. The number of ether oxygens (including phenoxy) is 1. The second-order valence-electron chi connectivity index (χ2n) is 5.04. The Hall–Kier alpha value is -1.52. The molecule has 21 heavy (non-hydrogen) atoms. The third-order valence-corrected chi connectivity index (χ3v) is 4.32. The normalized spacial score (nSPS) is 12.0. The van der Waals surface area contributed by atoms with E-state index in [9.17, 15) is 0 Å². The first-order chi connectivity index (χ1) is 10.1. The van der Waals surface area contributed by atoms with Crippen LogP contribution < -0.4 is 15.4 Å². The molecule has 112 valence electrons. The Morgan fingerprint density at radius 2 is 1.81 bits per heavy atom. The van der Waals surface area contributed by atoms with Crippen LogP contribution in [0.15, 0.2) is 53.0 Å². The van der Waals surface area contributed by atoms with Crippen molar-refractivity contribution in [2.45, 2.75) is 12.5 Å². The largest absolute Gasteiger partial charge is 0.497 e. The number of anilines is 1. The third kappa shape index (κ3) is 4.22. The van der Waals surface area contributed by atoms with Gasteiger partial charge in [-0.1, -0.05) is 34.1 Å². The van der Waals surface area contributed by atoms with E-state index in [1.54, 1.807) is 7.11 Å². The fourth-order valence-electron chi connectivity index (χ4n) is 2.23. The van der Waals surface area contributed by atoms with E-state index < -0.39 is 0 Å². The highest BCUT2D eigenvalue weighted by Crippen LogP contribution is 2.25. The lowest BCUT2D eigenvalue weighted by Crippen LogP contribution is -2.23. The topological polar surface area (TPSA) is 38.5 Å². The fourth-order valence-corrected chi connectivity index (χ4v) is 2.81. The van der Waals surface area contributed by atoms with Gasteiger partial charge >= 0.3 is 0 Å². The Labute approximate surface area is 134 Å². The van der Waals surface area contributed by atoms with Crippen molar-refractivity contribution in [2.24, 2.45) is 5.73 Å². The highest BCUT2D eigenvalue weighted by Gasteiger charge is 2.10. The third-order valence-electron chi connectivity index (χ3n) is 3.59. The van der Waals surface area contributed by atoms with Gasteiger partial charge in [0.05, 0.1) is 7.11 Å². The summed E-state index contributed by atoms with van der Waals surface area (Å²) in [6.45, 7) is 0.898. The molecule has 0 spiro atoms. The predicted octanol–water partition coefficient (Wildman–Crippen LogP) is 3.98. The van der Waals surface area contributed by atoms with E-state index in [-0.39, 0.29) is 6.04 Å². The van der Waals surface area contributed by atoms with E-state index in [4.69, 9.17) is 10.5 Å². The predicted molar refractivity (Wildman–Crippen MR) is 92.0 cm³/mol. The number of benzene rings is 2. The molecule has 0 aliphatic carbocycles. The number of hydrogen-bond donors (Lipinski definition) is 1. The number of nitrogens with zero attached hydrogens (tertiary/aromatic N) is 1. The molecule has 1 unspecified atom stereocenters. The molecule has 2 rings (SSSR count). The molecule has 3 nitrogen and oxygen atoms in total. The standard InChI is InChI=1S/C17H21BrN2O/c1-20(13-7-9-14(21-2)10-8-13)12-11-17(19)15-5-3-4-6-16(15)18/h3-10,17H,11-12,19H2,1-2H3. The summed E-state index contributed by atoms with van der Waals surface area (Å²) < 4.78 is 6.25. The molecule has 0 radical (unpaired) electrons. The Morgan fingerprint density at radius 1 is 1.14 bits per heavy atom. The van der Waals surface area contributed by atoms with E-state index in [0.717, 1.165) is 34.4 Å². The molecular weight excluding hydrogens is 328 g/mol. The van der Waals surface area contributed by atoms with Crippen LogP contribution in [0.3, 0.4) is 0 Å².